The van der Waals surface area contributed by atoms with E-state index in [2.05, 4.69) is 20.2 Å². The van der Waals surface area contributed by atoms with E-state index in [4.69, 9.17) is 0 Å². The molecule has 0 atom stereocenters. The van der Waals surface area contributed by atoms with E-state index in [0.717, 1.165) is 0 Å². The molecule has 64 valence electrons. The zero-order valence-corrected chi connectivity index (χ0v) is 21.2. The van der Waals surface area contributed by atoms with Gasteiger partial charge in [0.05, 0.1) is 0 Å². The Morgan fingerprint density at radius 3 is 2.00 bits per heavy atom. The molecule has 0 aliphatic carbocycles. The molecule has 0 amide bonds. The molecule has 0 aliphatic rings. The Kier molecular flexibility index (Phi) is 20.2. The first kappa shape index (κ1) is 20.3. The second-order valence-electron chi connectivity index (χ2n) is 1.48. The molecule has 6 heteroatoms. The first-order chi connectivity index (χ1) is 4.38. The Hall–Kier alpha value is 2.88. The van der Waals surface area contributed by atoms with Crippen LogP contribution < -0.4 is 0 Å². The summed E-state index contributed by atoms with van der Waals surface area (Å²) in [4.78, 5) is 1.43. The Balaban J connectivity index is -0.000000270. The third kappa shape index (κ3) is 6.38. The monoisotopic (exact) mass is 1030 g/mol. The van der Waals surface area contributed by atoms with Gasteiger partial charge in [-0.25, -0.2) is 0 Å². The minimum absolute atomic E-state index is 0. The van der Waals surface area contributed by atoms with Gasteiger partial charge >= 0.3 is 80.7 Å². The SMILES string of the molecule is [W].[W].[W].[W]=[CH]c1ccsc1[CH]=[W]. The minimum atomic E-state index is 0. The molecule has 1 aromatic heterocycles. The molecule has 0 unspecified atom stereocenters. The molecule has 12 heavy (non-hydrogen) atoms. The van der Waals surface area contributed by atoms with Crippen molar-refractivity contribution in [2.24, 2.45) is 0 Å². The van der Waals surface area contributed by atoms with Gasteiger partial charge in [0, 0.05) is 63.2 Å². The van der Waals surface area contributed by atoms with Gasteiger partial charge in [-0.05, 0) is 0 Å². The van der Waals surface area contributed by atoms with Gasteiger partial charge in [0.25, 0.3) is 0 Å². The molecule has 1 rings (SSSR count). The van der Waals surface area contributed by atoms with Crippen molar-refractivity contribution in [1.29, 1.82) is 0 Å². The predicted octanol–water partition coefficient (Wildman–Crippen LogP) is 1.13. The average Bonchev–Trinajstić information content (AvgIpc) is 2.33. The normalized spacial score (nSPS) is 6.67. The molecule has 0 aliphatic heterocycles. The Bertz CT molecular complexity index is 209. The zero-order valence-electron chi connectivity index (χ0n) is 5.76. The fraction of sp³-hybridized carbons (Fsp3) is 0. The summed E-state index contributed by atoms with van der Waals surface area (Å²) >= 11 is 4.88. The molecule has 1 aromatic rings. The van der Waals surface area contributed by atoms with Crippen molar-refractivity contribution < 1.29 is 102 Å². The van der Waals surface area contributed by atoms with Crippen LogP contribution in [0.15, 0.2) is 11.4 Å². The van der Waals surface area contributed by atoms with Crippen molar-refractivity contribution >= 4 is 20.1 Å². The summed E-state index contributed by atoms with van der Waals surface area (Å²) in [5.74, 6) is 0. The van der Waals surface area contributed by atoms with Gasteiger partial charge in [-0.1, -0.05) is 0 Å². The third-order valence-electron chi connectivity index (χ3n) is 0.961. The van der Waals surface area contributed by atoms with Gasteiger partial charge in [-0.15, -0.1) is 0 Å². The molecule has 0 fully saturated rings. The van der Waals surface area contributed by atoms with Crippen molar-refractivity contribution in [2.75, 3.05) is 0 Å². The number of rotatable bonds is 2. The average molecular weight is 1030 g/mol. The predicted molar refractivity (Wildman–Crippen MR) is 34.7 cm³/mol. The Morgan fingerprint density at radius 1 is 1.08 bits per heavy atom. The van der Waals surface area contributed by atoms with E-state index >= 15 is 0 Å². The van der Waals surface area contributed by atoms with E-state index in [0.29, 0.717) is 0 Å². The quantitative estimate of drug-likeness (QED) is 0.418. The van der Waals surface area contributed by atoms with Crippen molar-refractivity contribution in [3.8, 4) is 0 Å². The van der Waals surface area contributed by atoms with E-state index < -0.39 is 0 Å². The molecule has 0 aromatic carbocycles. The summed E-state index contributed by atoms with van der Waals surface area (Å²) < 4.78 is 4.46. The van der Waals surface area contributed by atoms with Gasteiger partial charge in [-0.2, -0.15) is 0 Å². The maximum absolute atomic E-state index is 2.24. The van der Waals surface area contributed by atoms with Crippen LogP contribution in [0.1, 0.15) is 10.4 Å². The summed E-state index contributed by atoms with van der Waals surface area (Å²) in [6.07, 6.45) is 0. The Labute approximate surface area is 141 Å². The van der Waals surface area contributed by atoms with Crippen LogP contribution in [-0.2, 0) is 102 Å². The van der Waals surface area contributed by atoms with Crippen molar-refractivity contribution in [3.63, 3.8) is 0 Å². The summed E-state index contributed by atoms with van der Waals surface area (Å²) in [5.41, 5.74) is 1.41. The molecular weight excluding hydrogens is 1020 g/mol. The van der Waals surface area contributed by atoms with Crippen LogP contribution in [0.3, 0.4) is 0 Å². The number of hydrogen-bond acceptors (Lipinski definition) is 1. The van der Waals surface area contributed by atoms with Crippen LogP contribution in [0, 0.1) is 0 Å². The topological polar surface area (TPSA) is 0 Å². The van der Waals surface area contributed by atoms with E-state index in [1.54, 1.807) is 0 Å². The van der Waals surface area contributed by atoms with Crippen LogP contribution in [0.5, 0.6) is 0 Å². The van der Waals surface area contributed by atoms with Gasteiger partial charge in [0.15, 0.2) is 0 Å². The fourth-order valence-electron chi connectivity index (χ4n) is 0.524. The first-order valence-electron chi connectivity index (χ1n) is 2.36. The zero-order chi connectivity index (χ0) is 6.69. The third-order valence-corrected chi connectivity index (χ3v) is 4.19. The molecule has 1 heterocycles. The van der Waals surface area contributed by atoms with E-state index in [1.165, 1.54) is 49.1 Å². The first-order valence-corrected chi connectivity index (χ1v) is 6.63. The van der Waals surface area contributed by atoms with Crippen molar-refractivity contribution in [1.82, 2.24) is 0 Å². The Morgan fingerprint density at radius 2 is 1.67 bits per heavy atom. The maximum atomic E-state index is 2.24. The van der Waals surface area contributed by atoms with Crippen LogP contribution in [0.2, 0.25) is 0 Å². The van der Waals surface area contributed by atoms with E-state index in [9.17, 15) is 0 Å². The van der Waals surface area contributed by atoms with Gasteiger partial charge in [-0.3, -0.25) is 0 Å². The summed E-state index contributed by atoms with van der Waals surface area (Å²) in [7, 11) is 0. The molecule has 0 radical (unpaired) electrons. The van der Waals surface area contributed by atoms with Crippen LogP contribution in [0.4, 0.5) is 0 Å². The van der Waals surface area contributed by atoms with Crippen LogP contribution in [-0.4, -0.2) is 8.80 Å². The molecule has 0 nitrogen and oxygen atoms in total. The number of thiophene rings is 1. The van der Waals surface area contributed by atoms with Gasteiger partial charge < -0.3 is 0 Å². The molecule has 0 saturated heterocycles. The molecule has 0 spiro atoms. The standard InChI is InChI=1S/C6H4S.5W/c1-5-3-4-7-6(5)2;;;;;/h1-4H;;;;;. The van der Waals surface area contributed by atoms with E-state index in [1.807, 2.05) is 11.3 Å². The van der Waals surface area contributed by atoms with Gasteiger partial charge in [0.2, 0.25) is 0 Å². The number of hydrogen-bond donors (Lipinski definition) is 0. The van der Waals surface area contributed by atoms with Crippen molar-refractivity contribution in [3.05, 3.63) is 21.9 Å². The van der Waals surface area contributed by atoms with Crippen molar-refractivity contribution in [2.45, 2.75) is 0 Å². The van der Waals surface area contributed by atoms with Crippen LogP contribution in [0.25, 0.3) is 0 Å². The summed E-state index contributed by atoms with van der Waals surface area (Å²) in [6.45, 7) is 0. The molecular formula is C6H4SW5. The van der Waals surface area contributed by atoms with Crippen LogP contribution >= 0.6 is 11.3 Å². The molecule has 0 saturated carbocycles. The summed E-state index contributed by atoms with van der Waals surface area (Å²) in [6, 6.07) is 2.17. The fourth-order valence-corrected chi connectivity index (χ4v) is 3.33. The molecule has 0 bridgehead atoms. The van der Waals surface area contributed by atoms with Gasteiger partial charge in [0.1, 0.15) is 0 Å². The second kappa shape index (κ2) is 12.0. The van der Waals surface area contributed by atoms with E-state index in [-0.39, 0.29) is 63.2 Å². The summed E-state index contributed by atoms with van der Waals surface area (Å²) in [5, 5.41) is 2.14. The second-order valence-corrected chi connectivity index (χ2v) is 4.12. The molecule has 0 N–H and O–H groups in total.